The van der Waals surface area contributed by atoms with Crippen LogP contribution in [-0.4, -0.2) is 27.0 Å². The van der Waals surface area contributed by atoms with Crippen molar-refractivity contribution in [2.24, 2.45) is 0 Å². The maximum atomic E-state index is 13.3. The third kappa shape index (κ3) is 3.75. The smallest absolute Gasteiger partial charge is 0.141 e. The lowest BCUT2D eigenvalue weighted by Gasteiger charge is -2.07. The van der Waals surface area contributed by atoms with Crippen molar-refractivity contribution < 1.29 is 9.13 Å². The first kappa shape index (κ1) is 17.4. The predicted octanol–water partition coefficient (Wildman–Crippen LogP) is 4.34. The van der Waals surface area contributed by atoms with E-state index in [-0.39, 0.29) is 5.82 Å². The Morgan fingerprint density at radius 1 is 1.11 bits per heavy atom. The van der Waals surface area contributed by atoms with Gasteiger partial charge in [0.1, 0.15) is 22.4 Å². The van der Waals surface area contributed by atoms with E-state index in [2.05, 4.69) is 19.9 Å². The zero-order valence-electron chi connectivity index (χ0n) is 14.5. The summed E-state index contributed by atoms with van der Waals surface area (Å²) in [5, 5.41) is 1.42. The van der Waals surface area contributed by atoms with Crippen molar-refractivity contribution in [3.05, 3.63) is 82.4 Å². The monoisotopic (exact) mass is 382 g/mol. The molecule has 5 nitrogen and oxygen atoms in total. The van der Waals surface area contributed by atoms with Crippen molar-refractivity contribution in [2.45, 2.75) is 12.8 Å². The summed E-state index contributed by atoms with van der Waals surface area (Å²) in [6.07, 6.45) is 7.48. The van der Waals surface area contributed by atoms with Gasteiger partial charge in [0.05, 0.1) is 19.5 Å². The largest absolute Gasteiger partial charge is 0.495 e. The molecule has 0 aliphatic carbocycles. The van der Waals surface area contributed by atoms with Gasteiger partial charge in [-0.2, -0.15) is 0 Å². The van der Waals surface area contributed by atoms with E-state index in [0.717, 1.165) is 33.4 Å². The zero-order valence-corrected chi connectivity index (χ0v) is 15.3. The molecule has 0 amide bonds. The fourth-order valence-electron chi connectivity index (χ4n) is 2.99. The molecule has 4 heterocycles. The number of rotatable bonds is 5. The van der Waals surface area contributed by atoms with Gasteiger partial charge < -0.3 is 9.72 Å². The molecule has 4 rings (SSSR count). The molecular formula is C20H16ClFN4O. The topological polar surface area (TPSA) is 63.7 Å². The van der Waals surface area contributed by atoms with Gasteiger partial charge in [0.25, 0.3) is 0 Å². The average Bonchev–Trinajstić information content (AvgIpc) is 3.06. The fraction of sp³-hybridized carbons (Fsp3) is 0.150. The SMILES string of the molecule is COc1cnc2[nH]cc(Cc3ccc(Cc4cncc(F)c4)nc3Cl)c2c1. The Morgan fingerprint density at radius 3 is 2.78 bits per heavy atom. The van der Waals surface area contributed by atoms with E-state index in [4.69, 9.17) is 16.3 Å². The Labute approximate surface area is 160 Å². The molecular weight excluding hydrogens is 367 g/mol. The molecule has 0 saturated heterocycles. The van der Waals surface area contributed by atoms with Crippen molar-refractivity contribution in [1.82, 2.24) is 19.9 Å². The number of H-pyrrole nitrogens is 1. The minimum absolute atomic E-state index is 0.362. The van der Waals surface area contributed by atoms with E-state index in [9.17, 15) is 4.39 Å². The molecule has 0 spiro atoms. The van der Waals surface area contributed by atoms with E-state index in [0.29, 0.717) is 23.7 Å². The van der Waals surface area contributed by atoms with Crippen LogP contribution in [0.2, 0.25) is 5.15 Å². The third-order valence-corrected chi connectivity index (χ3v) is 4.67. The molecule has 136 valence electrons. The highest BCUT2D eigenvalue weighted by Gasteiger charge is 2.11. The molecule has 0 aromatic carbocycles. The number of aromatic nitrogens is 4. The standard InChI is InChI=1S/C20H16ClFN4O/c1-27-17-7-18-14(9-24-20(18)25-11-17)6-13-2-3-16(26-19(13)21)5-12-4-15(22)10-23-8-12/h2-4,7-11H,5-6H2,1H3,(H,24,25). The molecule has 0 radical (unpaired) electrons. The van der Waals surface area contributed by atoms with Gasteiger partial charge >= 0.3 is 0 Å². The second kappa shape index (κ2) is 7.32. The lowest BCUT2D eigenvalue weighted by atomic mass is 10.1. The highest BCUT2D eigenvalue weighted by Crippen LogP contribution is 2.26. The minimum atomic E-state index is -0.362. The molecule has 7 heteroatoms. The summed E-state index contributed by atoms with van der Waals surface area (Å²) in [5.41, 5.74) is 4.27. The summed E-state index contributed by atoms with van der Waals surface area (Å²) in [6.45, 7) is 0. The quantitative estimate of drug-likeness (QED) is 0.522. The van der Waals surface area contributed by atoms with Gasteiger partial charge in [0.2, 0.25) is 0 Å². The molecule has 4 aromatic heterocycles. The fourth-order valence-corrected chi connectivity index (χ4v) is 3.23. The van der Waals surface area contributed by atoms with Crippen LogP contribution in [0.5, 0.6) is 5.75 Å². The van der Waals surface area contributed by atoms with Gasteiger partial charge in [0.15, 0.2) is 0 Å². The number of aromatic amines is 1. The van der Waals surface area contributed by atoms with Gasteiger partial charge in [0, 0.05) is 36.3 Å². The number of nitrogens with one attached hydrogen (secondary N) is 1. The number of hydrogen-bond donors (Lipinski definition) is 1. The Bertz CT molecular complexity index is 1110. The molecule has 4 aromatic rings. The molecule has 1 N–H and O–H groups in total. The van der Waals surface area contributed by atoms with E-state index in [1.54, 1.807) is 19.5 Å². The van der Waals surface area contributed by atoms with Gasteiger partial charge in [-0.15, -0.1) is 0 Å². The lowest BCUT2D eigenvalue weighted by Crippen LogP contribution is -1.98. The summed E-state index contributed by atoms with van der Waals surface area (Å²) in [6, 6.07) is 7.24. The highest BCUT2D eigenvalue weighted by atomic mass is 35.5. The van der Waals surface area contributed by atoms with Crippen molar-refractivity contribution in [2.75, 3.05) is 7.11 Å². The number of ether oxygens (including phenoxy) is 1. The molecule has 0 bridgehead atoms. The summed E-state index contributed by atoms with van der Waals surface area (Å²) in [4.78, 5) is 15.8. The van der Waals surface area contributed by atoms with Crippen LogP contribution in [0.4, 0.5) is 4.39 Å². The summed E-state index contributed by atoms with van der Waals surface area (Å²) >= 11 is 6.40. The van der Waals surface area contributed by atoms with Crippen LogP contribution in [0, 0.1) is 5.82 Å². The van der Waals surface area contributed by atoms with Crippen molar-refractivity contribution in [3.63, 3.8) is 0 Å². The van der Waals surface area contributed by atoms with Crippen LogP contribution in [0.3, 0.4) is 0 Å². The number of hydrogen-bond acceptors (Lipinski definition) is 4. The number of nitrogens with zero attached hydrogens (tertiary/aromatic N) is 3. The number of fused-ring (bicyclic) bond motifs is 1. The Balaban J connectivity index is 1.58. The first-order valence-electron chi connectivity index (χ1n) is 8.36. The minimum Gasteiger partial charge on any atom is -0.495 e. The van der Waals surface area contributed by atoms with Gasteiger partial charge in [-0.3, -0.25) is 4.98 Å². The van der Waals surface area contributed by atoms with Gasteiger partial charge in [-0.05, 0) is 34.9 Å². The summed E-state index contributed by atoms with van der Waals surface area (Å²) in [7, 11) is 1.61. The molecule has 0 aliphatic heterocycles. The lowest BCUT2D eigenvalue weighted by molar-refractivity contribution is 0.413. The Hall–Kier alpha value is -2.99. The van der Waals surface area contributed by atoms with Gasteiger partial charge in [-0.25, -0.2) is 14.4 Å². The first-order chi connectivity index (χ1) is 13.1. The predicted molar refractivity (Wildman–Crippen MR) is 102 cm³/mol. The molecule has 0 atom stereocenters. The number of pyridine rings is 3. The second-order valence-corrected chi connectivity index (χ2v) is 6.56. The third-order valence-electron chi connectivity index (χ3n) is 4.34. The van der Waals surface area contributed by atoms with Crippen molar-refractivity contribution in [1.29, 1.82) is 0 Å². The van der Waals surface area contributed by atoms with Crippen molar-refractivity contribution >= 4 is 22.6 Å². The highest BCUT2D eigenvalue weighted by molar-refractivity contribution is 6.30. The van der Waals surface area contributed by atoms with E-state index in [1.807, 2.05) is 24.4 Å². The van der Waals surface area contributed by atoms with Crippen LogP contribution in [0.1, 0.15) is 22.4 Å². The second-order valence-electron chi connectivity index (χ2n) is 6.20. The average molecular weight is 383 g/mol. The van der Waals surface area contributed by atoms with Crippen LogP contribution in [0.15, 0.2) is 49.1 Å². The van der Waals surface area contributed by atoms with Crippen LogP contribution in [-0.2, 0) is 12.8 Å². The molecule has 0 saturated carbocycles. The van der Waals surface area contributed by atoms with Crippen LogP contribution in [0.25, 0.3) is 11.0 Å². The zero-order chi connectivity index (χ0) is 18.8. The maximum absolute atomic E-state index is 13.3. The molecule has 0 aliphatic rings. The summed E-state index contributed by atoms with van der Waals surface area (Å²) < 4.78 is 18.5. The molecule has 0 fully saturated rings. The number of methoxy groups -OCH3 is 1. The summed E-state index contributed by atoms with van der Waals surface area (Å²) in [5.74, 6) is 0.338. The van der Waals surface area contributed by atoms with E-state index < -0.39 is 0 Å². The number of halogens is 2. The van der Waals surface area contributed by atoms with E-state index in [1.165, 1.54) is 12.3 Å². The molecule has 27 heavy (non-hydrogen) atoms. The van der Waals surface area contributed by atoms with Crippen LogP contribution < -0.4 is 4.74 Å². The first-order valence-corrected chi connectivity index (χ1v) is 8.74. The Morgan fingerprint density at radius 2 is 2.00 bits per heavy atom. The Kier molecular flexibility index (Phi) is 4.73. The van der Waals surface area contributed by atoms with Crippen molar-refractivity contribution in [3.8, 4) is 5.75 Å². The van der Waals surface area contributed by atoms with Gasteiger partial charge in [-0.1, -0.05) is 17.7 Å². The van der Waals surface area contributed by atoms with Crippen LogP contribution >= 0.6 is 11.6 Å². The normalized spacial score (nSPS) is 11.1. The van der Waals surface area contributed by atoms with E-state index >= 15 is 0 Å². The molecule has 0 unspecified atom stereocenters. The maximum Gasteiger partial charge on any atom is 0.141 e.